The van der Waals surface area contributed by atoms with Crippen LogP contribution in [0.4, 0.5) is 24.9 Å². The first-order chi connectivity index (χ1) is 12.7. The summed E-state index contributed by atoms with van der Waals surface area (Å²) in [5, 5.41) is 6.17. The molecular weight excluding hydrogens is 359 g/mol. The van der Waals surface area contributed by atoms with E-state index in [1.165, 1.54) is 6.20 Å². The van der Waals surface area contributed by atoms with Crippen molar-refractivity contribution in [1.82, 2.24) is 9.97 Å². The zero-order valence-corrected chi connectivity index (χ0v) is 15.4. The van der Waals surface area contributed by atoms with Gasteiger partial charge in [-0.2, -0.15) is 18.2 Å². The second-order valence-corrected chi connectivity index (χ2v) is 6.92. The van der Waals surface area contributed by atoms with E-state index in [0.717, 1.165) is 25.7 Å². The first-order valence-corrected chi connectivity index (χ1v) is 9.13. The molecule has 0 saturated heterocycles. The Balaban J connectivity index is 1.95. The van der Waals surface area contributed by atoms with Crippen molar-refractivity contribution >= 4 is 17.7 Å². The van der Waals surface area contributed by atoms with E-state index in [0.29, 0.717) is 23.9 Å². The molecule has 1 aliphatic carbocycles. The van der Waals surface area contributed by atoms with Crippen LogP contribution in [0.15, 0.2) is 18.5 Å². The lowest BCUT2D eigenvalue weighted by Gasteiger charge is -2.29. The molecule has 0 bridgehead atoms. The van der Waals surface area contributed by atoms with Crippen LogP contribution in [-0.2, 0) is 0 Å². The number of hydrogen-bond donors (Lipinski definition) is 3. The van der Waals surface area contributed by atoms with Gasteiger partial charge in [0.05, 0.1) is 0 Å². The lowest BCUT2D eigenvalue weighted by Crippen LogP contribution is -2.28. The summed E-state index contributed by atoms with van der Waals surface area (Å²) in [5.74, 6) is 0.113. The largest absolute Gasteiger partial charge is 0.389 e. The lowest BCUT2D eigenvalue weighted by molar-refractivity contribution is -0.138. The Morgan fingerprint density at radius 3 is 2.56 bits per heavy atom. The fraction of sp³-hybridized carbons (Fsp3) is 0.611. The van der Waals surface area contributed by atoms with Crippen molar-refractivity contribution in [3.05, 3.63) is 24.0 Å². The van der Waals surface area contributed by atoms with Crippen molar-refractivity contribution in [1.29, 1.82) is 0 Å². The summed E-state index contributed by atoms with van der Waals surface area (Å²) in [5.41, 5.74) is 6.21. The fourth-order valence-corrected chi connectivity index (χ4v) is 3.13. The van der Waals surface area contributed by atoms with Crippen LogP contribution in [0.3, 0.4) is 0 Å². The average Bonchev–Trinajstić information content (AvgIpc) is 2.60. The topological polar surface area (TPSA) is 92.9 Å². The van der Waals surface area contributed by atoms with Crippen LogP contribution < -0.4 is 16.4 Å². The predicted molar refractivity (Wildman–Crippen MR) is 98.3 cm³/mol. The average molecular weight is 385 g/mol. The van der Waals surface area contributed by atoms with E-state index >= 15 is 0 Å². The maximum atomic E-state index is 12.3. The minimum absolute atomic E-state index is 0.0915. The van der Waals surface area contributed by atoms with Crippen molar-refractivity contribution in [2.45, 2.75) is 64.1 Å². The molecule has 1 aliphatic rings. The van der Waals surface area contributed by atoms with Gasteiger partial charge in [0.15, 0.2) is 0 Å². The van der Waals surface area contributed by atoms with Crippen molar-refractivity contribution < 1.29 is 18.0 Å². The van der Waals surface area contributed by atoms with Gasteiger partial charge in [-0.15, -0.1) is 0 Å². The molecular formula is C18H26F3N5O. The summed E-state index contributed by atoms with van der Waals surface area (Å²) in [6, 6.07) is 0.0915. The fourth-order valence-electron chi connectivity index (χ4n) is 3.13. The molecule has 4 N–H and O–H groups in total. The van der Waals surface area contributed by atoms with Crippen LogP contribution in [0, 0.1) is 5.92 Å². The van der Waals surface area contributed by atoms with Gasteiger partial charge in [0.1, 0.15) is 11.4 Å². The predicted octanol–water partition coefficient (Wildman–Crippen LogP) is 4.22. The van der Waals surface area contributed by atoms with Crippen LogP contribution in [0.25, 0.3) is 0 Å². The van der Waals surface area contributed by atoms with E-state index in [9.17, 15) is 18.0 Å². The van der Waals surface area contributed by atoms with E-state index in [1.54, 1.807) is 0 Å². The molecule has 0 spiro atoms. The summed E-state index contributed by atoms with van der Waals surface area (Å²) >= 11 is 0. The molecule has 0 radical (unpaired) electrons. The summed E-state index contributed by atoms with van der Waals surface area (Å²) in [4.78, 5) is 20.0. The third-order valence-corrected chi connectivity index (χ3v) is 4.79. The molecule has 1 aromatic rings. The molecule has 0 atom stereocenters. The number of carbonyl (C=O) groups is 1. The molecule has 1 saturated carbocycles. The van der Waals surface area contributed by atoms with Gasteiger partial charge in [-0.3, -0.25) is 4.79 Å². The number of nitrogens with zero attached hydrogens (tertiary/aromatic N) is 2. The third-order valence-electron chi connectivity index (χ3n) is 4.79. The van der Waals surface area contributed by atoms with Gasteiger partial charge in [0, 0.05) is 24.4 Å². The van der Waals surface area contributed by atoms with Crippen LogP contribution in [0.2, 0.25) is 0 Å². The number of allylic oxidation sites excluding steroid dienone is 1. The van der Waals surface area contributed by atoms with E-state index in [-0.39, 0.29) is 23.9 Å². The number of nitrogens with two attached hydrogens (primary N) is 1. The Kier molecular flexibility index (Phi) is 7.04. The monoisotopic (exact) mass is 385 g/mol. The third kappa shape index (κ3) is 6.73. The highest BCUT2D eigenvalue weighted by molar-refractivity contribution is 5.97. The number of carbonyl (C=O) groups excluding carboxylic acids is 1. The number of halogens is 3. The number of rotatable bonds is 8. The Labute approximate surface area is 156 Å². The number of nitrogens with one attached hydrogen (secondary N) is 2. The zero-order chi connectivity index (χ0) is 20.0. The highest BCUT2D eigenvalue weighted by Crippen LogP contribution is 2.33. The van der Waals surface area contributed by atoms with Gasteiger partial charge in [-0.05, 0) is 44.4 Å². The highest BCUT2D eigenvalue weighted by Gasteiger charge is 2.30. The van der Waals surface area contributed by atoms with Crippen LogP contribution >= 0.6 is 0 Å². The SMILES string of the molecule is C=C(CC)Nc1nc(N[C@H]2CC[C@H](CCC(F)(F)F)CC2)ncc1C(N)=O. The molecule has 9 heteroatoms. The van der Waals surface area contributed by atoms with Crippen molar-refractivity contribution in [2.75, 3.05) is 10.6 Å². The number of aromatic nitrogens is 2. The molecule has 6 nitrogen and oxygen atoms in total. The smallest absolute Gasteiger partial charge is 0.365 e. The van der Waals surface area contributed by atoms with Gasteiger partial charge in [0.25, 0.3) is 5.91 Å². The second-order valence-electron chi connectivity index (χ2n) is 6.92. The molecule has 1 heterocycles. The molecule has 1 fully saturated rings. The molecule has 0 aromatic carbocycles. The Morgan fingerprint density at radius 2 is 2.00 bits per heavy atom. The summed E-state index contributed by atoms with van der Waals surface area (Å²) in [7, 11) is 0. The van der Waals surface area contributed by atoms with Crippen molar-refractivity contribution in [3.63, 3.8) is 0 Å². The standard InChI is InChI=1S/C18H26F3N5O/c1-3-11(2)24-16-14(15(22)27)10-23-17(26-16)25-13-6-4-12(5-7-13)8-9-18(19,20)21/h10,12-13H,2-9H2,1H3,(H2,22,27)(H2,23,24,25,26)/t12-,13-. The van der Waals surface area contributed by atoms with Gasteiger partial charge >= 0.3 is 6.18 Å². The van der Waals surface area contributed by atoms with Crippen molar-refractivity contribution in [2.24, 2.45) is 11.7 Å². The maximum Gasteiger partial charge on any atom is 0.389 e. The van der Waals surface area contributed by atoms with Gasteiger partial charge in [-0.25, -0.2) is 4.98 Å². The van der Waals surface area contributed by atoms with Gasteiger partial charge in [0.2, 0.25) is 5.95 Å². The number of amides is 1. The number of primary amides is 1. The summed E-state index contributed by atoms with van der Waals surface area (Å²) in [6.45, 7) is 5.75. The quantitative estimate of drug-likeness (QED) is 0.623. The first-order valence-electron chi connectivity index (χ1n) is 9.13. The van der Waals surface area contributed by atoms with E-state index in [1.807, 2.05) is 6.92 Å². The number of anilines is 2. The van der Waals surface area contributed by atoms with Crippen LogP contribution in [0.5, 0.6) is 0 Å². The second kappa shape index (κ2) is 9.05. The Morgan fingerprint density at radius 1 is 1.33 bits per heavy atom. The highest BCUT2D eigenvalue weighted by atomic mass is 19.4. The normalized spacial score (nSPS) is 20.1. The van der Waals surface area contributed by atoms with Crippen LogP contribution in [-0.4, -0.2) is 28.1 Å². The molecule has 1 aromatic heterocycles. The Bertz CT molecular complexity index is 669. The van der Waals surface area contributed by atoms with Gasteiger partial charge in [-0.1, -0.05) is 13.5 Å². The lowest BCUT2D eigenvalue weighted by atomic mass is 9.83. The summed E-state index contributed by atoms with van der Waals surface area (Å²) in [6.07, 6.45) is 0.399. The number of hydrogen-bond acceptors (Lipinski definition) is 5. The molecule has 0 unspecified atom stereocenters. The van der Waals surface area contributed by atoms with Crippen LogP contribution in [0.1, 0.15) is 62.2 Å². The Hall–Kier alpha value is -2.32. The van der Waals surface area contributed by atoms with E-state index in [2.05, 4.69) is 27.2 Å². The van der Waals surface area contributed by atoms with Crippen molar-refractivity contribution in [3.8, 4) is 0 Å². The first kappa shape index (κ1) is 21.0. The van der Waals surface area contributed by atoms with Gasteiger partial charge < -0.3 is 16.4 Å². The maximum absolute atomic E-state index is 12.3. The minimum atomic E-state index is -4.09. The van der Waals surface area contributed by atoms with E-state index < -0.39 is 18.5 Å². The molecule has 27 heavy (non-hydrogen) atoms. The minimum Gasteiger partial charge on any atom is -0.365 e. The molecule has 150 valence electrons. The summed E-state index contributed by atoms with van der Waals surface area (Å²) < 4.78 is 37.0. The van der Waals surface area contributed by atoms with E-state index in [4.69, 9.17) is 5.73 Å². The number of alkyl halides is 3. The zero-order valence-electron chi connectivity index (χ0n) is 15.4. The molecule has 0 aliphatic heterocycles. The molecule has 2 rings (SSSR count). The molecule has 1 amide bonds.